The summed E-state index contributed by atoms with van der Waals surface area (Å²) in [5.74, 6) is -0.359. The van der Waals surface area contributed by atoms with E-state index < -0.39 is 0 Å². The first-order chi connectivity index (χ1) is 10.0. The minimum absolute atomic E-state index is 0.0517. The Labute approximate surface area is 122 Å². The molecule has 2 rings (SSSR count). The fraction of sp³-hybridized carbons (Fsp3) is 0.133. The predicted molar refractivity (Wildman–Crippen MR) is 80.6 cm³/mol. The number of nitrogens with one attached hydrogen (secondary N) is 1. The van der Waals surface area contributed by atoms with Gasteiger partial charge in [0.1, 0.15) is 5.69 Å². The van der Waals surface area contributed by atoms with Crippen molar-refractivity contribution >= 4 is 17.4 Å². The molecule has 0 aliphatic rings. The van der Waals surface area contributed by atoms with Gasteiger partial charge >= 0.3 is 0 Å². The number of oxime groups is 1. The molecule has 108 valence electrons. The lowest BCUT2D eigenvalue weighted by atomic mass is 10.1. The molecule has 0 aliphatic heterocycles. The number of amidine groups is 1. The highest BCUT2D eigenvalue weighted by Crippen LogP contribution is 2.20. The minimum Gasteiger partial charge on any atom is -0.409 e. The van der Waals surface area contributed by atoms with E-state index in [2.05, 4.69) is 15.5 Å². The standard InChI is InChI=1S/C15H16N4O2/c1-9-4-3-5-10(2)13(9)18-15(20)12-7-6-11(8-17-12)14(16)19-21/h3-8,21H,1-2H3,(H2,16,19)(H,18,20). The smallest absolute Gasteiger partial charge is 0.274 e. The predicted octanol–water partition coefficient (Wildman–Crippen LogP) is 2.05. The van der Waals surface area contributed by atoms with Crippen LogP contribution >= 0.6 is 0 Å². The molecular formula is C15H16N4O2. The molecule has 1 aromatic heterocycles. The van der Waals surface area contributed by atoms with Gasteiger partial charge in [-0.15, -0.1) is 0 Å². The zero-order valence-electron chi connectivity index (χ0n) is 11.8. The average Bonchev–Trinajstić information content (AvgIpc) is 2.50. The number of nitrogens with two attached hydrogens (primary N) is 1. The Morgan fingerprint density at radius 2 is 1.90 bits per heavy atom. The van der Waals surface area contributed by atoms with Crippen molar-refractivity contribution < 1.29 is 10.0 Å². The molecule has 0 aliphatic carbocycles. The van der Waals surface area contributed by atoms with E-state index in [0.717, 1.165) is 16.8 Å². The Kier molecular flexibility index (Phi) is 4.18. The number of para-hydroxylation sites is 1. The third-order valence-electron chi connectivity index (χ3n) is 3.12. The Morgan fingerprint density at radius 1 is 1.24 bits per heavy atom. The Morgan fingerprint density at radius 3 is 2.43 bits per heavy atom. The van der Waals surface area contributed by atoms with Gasteiger partial charge in [0.15, 0.2) is 5.84 Å². The van der Waals surface area contributed by atoms with Crippen LogP contribution in [0.25, 0.3) is 0 Å². The third kappa shape index (κ3) is 3.17. The number of carbonyl (C=O) groups is 1. The number of hydrogen-bond acceptors (Lipinski definition) is 4. The normalized spacial score (nSPS) is 11.2. The number of aryl methyl sites for hydroxylation is 2. The summed E-state index contributed by atoms with van der Waals surface area (Å²) in [5, 5.41) is 14.3. The first-order valence-corrected chi connectivity index (χ1v) is 6.34. The molecule has 0 bridgehead atoms. The molecule has 4 N–H and O–H groups in total. The summed E-state index contributed by atoms with van der Waals surface area (Å²) in [6, 6.07) is 8.89. The van der Waals surface area contributed by atoms with Gasteiger partial charge in [-0.05, 0) is 37.1 Å². The molecule has 0 spiro atoms. The summed E-state index contributed by atoms with van der Waals surface area (Å²) in [4.78, 5) is 16.2. The molecule has 0 atom stereocenters. The maximum atomic E-state index is 12.2. The van der Waals surface area contributed by atoms with Crippen molar-refractivity contribution in [1.82, 2.24) is 4.98 Å². The maximum absolute atomic E-state index is 12.2. The van der Waals surface area contributed by atoms with Crippen LogP contribution in [0.15, 0.2) is 41.7 Å². The molecule has 0 saturated carbocycles. The van der Waals surface area contributed by atoms with E-state index >= 15 is 0 Å². The lowest BCUT2D eigenvalue weighted by molar-refractivity contribution is 0.102. The summed E-state index contributed by atoms with van der Waals surface area (Å²) >= 11 is 0. The molecule has 0 fully saturated rings. The summed E-state index contributed by atoms with van der Waals surface area (Å²) in [6.45, 7) is 3.86. The largest absolute Gasteiger partial charge is 0.409 e. The van der Waals surface area contributed by atoms with Crippen molar-refractivity contribution in [1.29, 1.82) is 0 Å². The van der Waals surface area contributed by atoms with Gasteiger partial charge in [-0.25, -0.2) is 0 Å². The quantitative estimate of drug-likeness (QED) is 0.347. The number of rotatable bonds is 3. The molecule has 1 heterocycles. The van der Waals surface area contributed by atoms with Crippen LogP contribution in [0.1, 0.15) is 27.2 Å². The zero-order valence-corrected chi connectivity index (χ0v) is 11.8. The first-order valence-electron chi connectivity index (χ1n) is 6.34. The van der Waals surface area contributed by atoms with Crippen molar-refractivity contribution in [3.8, 4) is 0 Å². The topological polar surface area (TPSA) is 101 Å². The van der Waals surface area contributed by atoms with Gasteiger partial charge in [0, 0.05) is 17.4 Å². The van der Waals surface area contributed by atoms with Crippen LogP contribution in [-0.4, -0.2) is 21.9 Å². The van der Waals surface area contributed by atoms with Crippen LogP contribution in [-0.2, 0) is 0 Å². The molecule has 6 heteroatoms. The van der Waals surface area contributed by atoms with E-state index in [1.807, 2.05) is 32.0 Å². The fourth-order valence-electron chi connectivity index (χ4n) is 1.93. The molecule has 1 amide bonds. The Balaban J connectivity index is 2.21. The van der Waals surface area contributed by atoms with E-state index in [4.69, 9.17) is 10.9 Å². The maximum Gasteiger partial charge on any atom is 0.274 e. The van der Waals surface area contributed by atoms with Crippen molar-refractivity contribution in [2.45, 2.75) is 13.8 Å². The van der Waals surface area contributed by atoms with Crippen LogP contribution in [0, 0.1) is 13.8 Å². The van der Waals surface area contributed by atoms with Gasteiger partial charge in [0.25, 0.3) is 5.91 Å². The van der Waals surface area contributed by atoms with Crippen molar-refractivity contribution in [2.75, 3.05) is 5.32 Å². The van der Waals surface area contributed by atoms with Crippen LogP contribution in [0.4, 0.5) is 5.69 Å². The summed E-state index contributed by atoms with van der Waals surface area (Å²) in [7, 11) is 0. The van der Waals surface area contributed by atoms with E-state index in [9.17, 15) is 4.79 Å². The molecule has 0 unspecified atom stereocenters. The fourth-order valence-corrected chi connectivity index (χ4v) is 1.93. The number of hydrogen-bond donors (Lipinski definition) is 3. The SMILES string of the molecule is Cc1cccc(C)c1NC(=O)c1ccc(C(N)=NO)cn1. The van der Waals surface area contributed by atoms with E-state index in [-0.39, 0.29) is 17.4 Å². The molecule has 0 radical (unpaired) electrons. The summed E-state index contributed by atoms with van der Waals surface area (Å²) in [6.07, 6.45) is 1.38. The van der Waals surface area contributed by atoms with Gasteiger partial charge in [0.2, 0.25) is 0 Å². The van der Waals surface area contributed by atoms with Gasteiger partial charge in [-0.3, -0.25) is 9.78 Å². The van der Waals surface area contributed by atoms with Crippen LogP contribution < -0.4 is 11.1 Å². The zero-order chi connectivity index (χ0) is 15.4. The van der Waals surface area contributed by atoms with Crippen molar-refractivity contribution in [2.24, 2.45) is 10.9 Å². The van der Waals surface area contributed by atoms with Crippen molar-refractivity contribution in [3.05, 3.63) is 58.9 Å². The lowest BCUT2D eigenvalue weighted by Gasteiger charge is -2.11. The van der Waals surface area contributed by atoms with Crippen LogP contribution in [0.2, 0.25) is 0 Å². The van der Waals surface area contributed by atoms with E-state index in [1.165, 1.54) is 12.3 Å². The first kappa shape index (κ1) is 14.5. The minimum atomic E-state index is -0.307. The van der Waals surface area contributed by atoms with Gasteiger partial charge in [-0.2, -0.15) is 0 Å². The molecule has 21 heavy (non-hydrogen) atoms. The average molecular weight is 284 g/mol. The number of carbonyl (C=O) groups excluding carboxylic acids is 1. The second-order valence-electron chi connectivity index (χ2n) is 4.64. The number of anilines is 1. The van der Waals surface area contributed by atoms with E-state index in [0.29, 0.717) is 5.56 Å². The second kappa shape index (κ2) is 6.04. The number of aromatic nitrogens is 1. The number of amides is 1. The highest BCUT2D eigenvalue weighted by molar-refractivity contribution is 6.04. The molecule has 0 saturated heterocycles. The number of benzene rings is 1. The van der Waals surface area contributed by atoms with Gasteiger partial charge in [0.05, 0.1) is 0 Å². The van der Waals surface area contributed by atoms with E-state index in [1.54, 1.807) is 6.07 Å². The number of pyridine rings is 1. The van der Waals surface area contributed by atoms with Gasteiger partial charge < -0.3 is 16.3 Å². The highest BCUT2D eigenvalue weighted by atomic mass is 16.4. The highest BCUT2D eigenvalue weighted by Gasteiger charge is 2.11. The third-order valence-corrected chi connectivity index (χ3v) is 3.12. The summed E-state index contributed by atoms with van der Waals surface area (Å²) < 4.78 is 0. The molecule has 1 aromatic carbocycles. The Hall–Kier alpha value is -2.89. The van der Waals surface area contributed by atoms with Gasteiger partial charge in [-0.1, -0.05) is 23.4 Å². The lowest BCUT2D eigenvalue weighted by Crippen LogP contribution is -2.17. The Bertz CT molecular complexity index is 673. The second-order valence-corrected chi connectivity index (χ2v) is 4.64. The monoisotopic (exact) mass is 284 g/mol. The van der Waals surface area contributed by atoms with Crippen LogP contribution in [0.3, 0.4) is 0 Å². The van der Waals surface area contributed by atoms with Crippen LogP contribution in [0.5, 0.6) is 0 Å². The summed E-state index contributed by atoms with van der Waals surface area (Å²) in [5.41, 5.74) is 8.89. The number of nitrogens with zero attached hydrogens (tertiary/aromatic N) is 2. The molecule has 2 aromatic rings. The molecule has 6 nitrogen and oxygen atoms in total. The van der Waals surface area contributed by atoms with Crippen molar-refractivity contribution in [3.63, 3.8) is 0 Å². The molecular weight excluding hydrogens is 268 g/mol.